The molecule has 2 aromatic rings. The van der Waals surface area contributed by atoms with Gasteiger partial charge in [0, 0.05) is 25.8 Å². The number of fused-ring (bicyclic) bond motifs is 1. The van der Waals surface area contributed by atoms with Crippen molar-refractivity contribution >= 4 is 5.91 Å². The van der Waals surface area contributed by atoms with Crippen LogP contribution in [-0.2, 0) is 24.2 Å². The van der Waals surface area contributed by atoms with Gasteiger partial charge in [-0.05, 0) is 23.5 Å². The lowest BCUT2D eigenvalue weighted by molar-refractivity contribution is -0.134. The van der Waals surface area contributed by atoms with Crippen LogP contribution < -0.4 is 5.56 Å². The molecule has 2 heterocycles. The van der Waals surface area contributed by atoms with E-state index in [1.165, 1.54) is 5.56 Å². The van der Waals surface area contributed by atoms with Gasteiger partial charge in [-0.3, -0.25) is 9.59 Å². The Labute approximate surface area is 154 Å². The largest absolute Gasteiger partial charge is 0.338 e. The van der Waals surface area contributed by atoms with E-state index >= 15 is 0 Å². The van der Waals surface area contributed by atoms with Crippen LogP contribution in [-0.4, -0.2) is 27.3 Å². The van der Waals surface area contributed by atoms with Crippen molar-refractivity contribution in [3.05, 3.63) is 62.8 Å². The van der Waals surface area contributed by atoms with E-state index in [1.54, 1.807) is 4.90 Å². The summed E-state index contributed by atoms with van der Waals surface area (Å²) >= 11 is 0. The molecule has 5 nitrogen and oxygen atoms in total. The predicted molar refractivity (Wildman–Crippen MR) is 102 cm³/mol. The van der Waals surface area contributed by atoms with Crippen molar-refractivity contribution in [1.82, 2.24) is 14.9 Å². The maximum atomic E-state index is 12.6. The molecule has 1 amide bonds. The Morgan fingerprint density at radius 1 is 1.27 bits per heavy atom. The first-order chi connectivity index (χ1) is 12.2. The summed E-state index contributed by atoms with van der Waals surface area (Å²) in [6, 6.07) is 8.12. The molecule has 0 fully saturated rings. The molecule has 1 aromatic heterocycles. The molecule has 1 aromatic carbocycles. The fourth-order valence-electron chi connectivity index (χ4n) is 3.33. The lowest BCUT2D eigenvalue weighted by Crippen LogP contribution is -2.41. The first-order valence-electron chi connectivity index (χ1n) is 9.16. The number of H-pyrrole nitrogens is 1. The summed E-state index contributed by atoms with van der Waals surface area (Å²) in [6.07, 6.45) is 1.73. The maximum absolute atomic E-state index is 12.6. The second-order valence-corrected chi connectivity index (χ2v) is 8.34. The zero-order chi connectivity index (χ0) is 18.9. The second-order valence-electron chi connectivity index (χ2n) is 8.34. The second kappa shape index (κ2) is 7.06. The van der Waals surface area contributed by atoms with Crippen LogP contribution in [0.15, 0.2) is 29.1 Å². The summed E-state index contributed by atoms with van der Waals surface area (Å²) in [5.74, 6) is 0.795. The highest BCUT2D eigenvalue weighted by atomic mass is 16.2. The molecule has 0 radical (unpaired) electrons. The van der Waals surface area contributed by atoms with Crippen LogP contribution in [0.3, 0.4) is 0 Å². The summed E-state index contributed by atoms with van der Waals surface area (Å²) in [5, 5.41) is 0. The molecule has 26 heavy (non-hydrogen) atoms. The van der Waals surface area contributed by atoms with Crippen LogP contribution in [0.2, 0.25) is 0 Å². The minimum absolute atomic E-state index is 0.0561. The minimum Gasteiger partial charge on any atom is -0.338 e. The zero-order valence-electron chi connectivity index (χ0n) is 16.1. The van der Waals surface area contributed by atoms with Crippen LogP contribution in [0, 0.1) is 12.3 Å². The van der Waals surface area contributed by atoms with Gasteiger partial charge in [-0.2, -0.15) is 0 Å². The number of carbonyl (C=O) groups is 1. The van der Waals surface area contributed by atoms with E-state index in [0.29, 0.717) is 43.7 Å². The third kappa shape index (κ3) is 4.21. The molecule has 0 bridgehead atoms. The van der Waals surface area contributed by atoms with Crippen molar-refractivity contribution < 1.29 is 4.79 Å². The number of hydrogen-bond donors (Lipinski definition) is 1. The van der Waals surface area contributed by atoms with Crippen LogP contribution >= 0.6 is 0 Å². The SMILES string of the molecule is Cc1ccccc1Cc1nc2c(c(=O)[nH]1)CN(C(=O)CC(C)(C)C)CC2. The topological polar surface area (TPSA) is 66.1 Å². The summed E-state index contributed by atoms with van der Waals surface area (Å²) in [5.41, 5.74) is 3.63. The van der Waals surface area contributed by atoms with E-state index in [0.717, 1.165) is 11.3 Å². The molecule has 0 aliphatic carbocycles. The third-order valence-electron chi connectivity index (χ3n) is 4.77. The first-order valence-corrected chi connectivity index (χ1v) is 9.16. The standard InChI is InChI=1S/C21H27N3O2/c1-14-7-5-6-8-15(14)11-18-22-17-9-10-24(13-16(17)20(26)23-18)19(25)12-21(2,3)4/h5-8H,9-13H2,1-4H3,(H,22,23,26). The number of carbonyl (C=O) groups excluding carboxylic acids is 1. The van der Waals surface area contributed by atoms with Crippen molar-refractivity contribution in [1.29, 1.82) is 0 Å². The van der Waals surface area contributed by atoms with E-state index in [1.807, 2.05) is 12.1 Å². The molecule has 1 aliphatic rings. The fraction of sp³-hybridized carbons (Fsp3) is 0.476. The minimum atomic E-state index is -0.119. The van der Waals surface area contributed by atoms with E-state index in [2.05, 4.69) is 49.8 Å². The monoisotopic (exact) mass is 353 g/mol. The van der Waals surface area contributed by atoms with Crippen LogP contribution in [0.4, 0.5) is 0 Å². The van der Waals surface area contributed by atoms with E-state index in [9.17, 15) is 9.59 Å². The van der Waals surface area contributed by atoms with Crippen molar-refractivity contribution in [3.8, 4) is 0 Å². The lowest BCUT2D eigenvalue weighted by atomic mass is 9.91. The van der Waals surface area contributed by atoms with Crippen LogP contribution in [0.1, 0.15) is 55.4 Å². The molecule has 1 aliphatic heterocycles. The highest BCUT2D eigenvalue weighted by molar-refractivity contribution is 5.77. The molecule has 1 N–H and O–H groups in total. The normalized spacial score (nSPS) is 14.2. The summed E-state index contributed by atoms with van der Waals surface area (Å²) in [4.78, 5) is 34.4. The number of rotatable bonds is 3. The smallest absolute Gasteiger partial charge is 0.256 e. The number of nitrogens with one attached hydrogen (secondary N) is 1. The summed E-state index contributed by atoms with van der Waals surface area (Å²) in [7, 11) is 0. The Morgan fingerprint density at radius 2 is 2.00 bits per heavy atom. The Bertz CT molecular complexity index is 878. The average molecular weight is 353 g/mol. The quantitative estimate of drug-likeness (QED) is 0.922. The fourth-order valence-corrected chi connectivity index (χ4v) is 3.33. The molecule has 3 rings (SSSR count). The average Bonchev–Trinajstić information content (AvgIpc) is 2.55. The van der Waals surface area contributed by atoms with Gasteiger partial charge in [0.15, 0.2) is 0 Å². The molecular formula is C21H27N3O2. The van der Waals surface area contributed by atoms with Crippen molar-refractivity contribution in [2.45, 2.75) is 53.5 Å². The van der Waals surface area contributed by atoms with E-state index < -0.39 is 0 Å². The molecule has 0 spiro atoms. The van der Waals surface area contributed by atoms with Gasteiger partial charge in [-0.1, -0.05) is 45.0 Å². The summed E-state index contributed by atoms with van der Waals surface area (Å²) in [6.45, 7) is 9.20. The Morgan fingerprint density at radius 3 is 2.69 bits per heavy atom. The third-order valence-corrected chi connectivity index (χ3v) is 4.77. The zero-order valence-corrected chi connectivity index (χ0v) is 16.1. The van der Waals surface area contributed by atoms with Gasteiger partial charge >= 0.3 is 0 Å². The van der Waals surface area contributed by atoms with Gasteiger partial charge in [-0.15, -0.1) is 0 Å². The highest BCUT2D eigenvalue weighted by Gasteiger charge is 2.27. The van der Waals surface area contributed by atoms with Crippen molar-refractivity contribution in [2.24, 2.45) is 5.41 Å². The number of hydrogen-bond acceptors (Lipinski definition) is 3. The Hall–Kier alpha value is -2.43. The van der Waals surface area contributed by atoms with E-state index in [4.69, 9.17) is 0 Å². The molecule has 0 saturated heterocycles. The van der Waals surface area contributed by atoms with Gasteiger partial charge in [-0.25, -0.2) is 4.98 Å². The van der Waals surface area contributed by atoms with Gasteiger partial charge < -0.3 is 9.88 Å². The molecule has 0 unspecified atom stereocenters. The number of aryl methyl sites for hydroxylation is 1. The molecule has 0 atom stereocenters. The first kappa shape index (κ1) is 18.4. The van der Waals surface area contributed by atoms with E-state index in [-0.39, 0.29) is 16.9 Å². The van der Waals surface area contributed by atoms with Gasteiger partial charge in [0.25, 0.3) is 5.56 Å². The lowest BCUT2D eigenvalue weighted by Gasteiger charge is -2.30. The number of aromatic nitrogens is 2. The Balaban J connectivity index is 1.80. The number of benzene rings is 1. The number of nitrogens with zero attached hydrogens (tertiary/aromatic N) is 2. The van der Waals surface area contributed by atoms with Crippen LogP contribution in [0.25, 0.3) is 0 Å². The van der Waals surface area contributed by atoms with Crippen molar-refractivity contribution in [2.75, 3.05) is 6.54 Å². The molecule has 5 heteroatoms. The number of amides is 1. The Kier molecular flexibility index (Phi) is 4.99. The molecule has 0 saturated carbocycles. The highest BCUT2D eigenvalue weighted by Crippen LogP contribution is 2.22. The number of aromatic amines is 1. The van der Waals surface area contributed by atoms with Gasteiger partial charge in [0.1, 0.15) is 5.82 Å². The van der Waals surface area contributed by atoms with Gasteiger partial charge in [0.2, 0.25) is 5.91 Å². The molecular weight excluding hydrogens is 326 g/mol. The van der Waals surface area contributed by atoms with Gasteiger partial charge in [0.05, 0.1) is 17.8 Å². The predicted octanol–water partition coefficient (Wildman–Crippen LogP) is 2.99. The maximum Gasteiger partial charge on any atom is 0.256 e. The van der Waals surface area contributed by atoms with Crippen molar-refractivity contribution in [3.63, 3.8) is 0 Å². The molecule has 138 valence electrons. The summed E-state index contributed by atoms with van der Waals surface area (Å²) < 4.78 is 0. The van der Waals surface area contributed by atoms with Crippen LogP contribution in [0.5, 0.6) is 0 Å².